The summed E-state index contributed by atoms with van der Waals surface area (Å²) in [6.45, 7) is 0. The molecule has 0 aliphatic carbocycles. The number of carbonyl (C=O) groups excluding carboxylic acids is 1. The van der Waals surface area contributed by atoms with Crippen molar-refractivity contribution >= 4 is 11.9 Å². The largest absolute Gasteiger partial charge is 0.480 e. The SMILES string of the molecule is Cn1cnc(C[C@H](NC(=O)[C@@H](N)Cc2ccccc2)C(=O)O)c1. The van der Waals surface area contributed by atoms with Crippen LogP contribution in [0.15, 0.2) is 42.9 Å². The Kier molecular flexibility index (Phi) is 5.48. The second-order valence-corrected chi connectivity index (χ2v) is 5.43. The first-order valence-corrected chi connectivity index (χ1v) is 7.25. The summed E-state index contributed by atoms with van der Waals surface area (Å²) in [4.78, 5) is 27.5. The molecule has 4 N–H and O–H groups in total. The van der Waals surface area contributed by atoms with Gasteiger partial charge in [-0.05, 0) is 12.0 Å². The van der Waals surface area contributed by atoms with Crippen molar-refractivity contribution < 1.29 is 14.7 Å². The number of aromatic nitrogens is 2. The zero-order valence-corrected chi connectivity index (χ0v) is 12.8. The average Bonchev–Trinajstić information content (AvgIpc) is 2.92. The molecule has 1 aromatic carbocycles. The van der Waals surface area contributed by atoms with Crippen molar-refractivity contribution in [1.82, 2.24) is 14.9 Å². The van der Waals surface area contributed by atoms with Crippen molar-refractivity contribution in [3.63, 3.8) is 0 Å². The molecular weight excluding hydrogens is 296 g/mol. The van der Waals surface area contributed by atoms with Gasteiger partial charge in [-0.2, -0.15) is 0 Å². The van der Waals surface area contributed by atoms with Crippen LogP contribution in [0.1, 0.15) is 11.3 Å². The molecule has 0 unspecified atom stereocenters. The lowest BCUT2D eigenvalue weighted by atomic mass is 10.1. The lowest BCUT2D eigenvalue weighted by Gasteiger charge is -2.17. The lowest BCUT2D eigenvalue weighted by molar-refractivity contribution is -0.142. The fourth-order valence-corrected chi connectivity index (χ4v) is 2.22. The maximum Gasteiger partial charge on any atom is 0.326 e. The Balaban J connectivity index is 1.95. The van der Waals surface area contributed by atoms with E-state index in [-0.39, 0.29) is 6.42 Å². The van der Waals surface area contributed by atoms with Crippen LogP contribution in [-0.4, -0.2) is 38.6 Å². The molecule has 7 heteroatoms. The number of amides is 1. The zero-order chi connectivity index (χ0) is 16.8. The summed E-state index contributed by atoms with van der Waals surface area (Å²) >= 11 is 0. The van der Waals surface area contributed by atoms with Crippen LogP contribution in [0, 0.1) is 0 Å². The van der Waals surface area contributed by atoms with Gasteiger partial charge in [0, 0.05) is 19.7 Å². The maximum atomic E-state index is 12.1. The molecule has 1 aromatic heterocycles. The van der Waals surface area contributed by atoms with E-state index in [2.05, 4.69) is 10.3 Å². The van der Waals surface area contributed by atoms with E-state index in [0.29, 0.717) is 12.1 Å². The maximum absolute atomic E-state index is 12.1. The second-order valence-electron chi connectivity index (χ2n) is 5.43. The number of hydrogen-bond donors (Lipinski definition) is 3. The van der Waals surface area contributed by atoms with Crippen molar-refractivity contribution in [3.05, 3.63) is 54.1 Å². The summed E-state index contributed by atoms with van der Waals surface area (Å²) in [5.74, 6) is -1.60. The summed E-state index contributed by atoms with van der Waals surface area (Å²) in [5, 5.41) is 11.8. The van der Waals surface area contributed by atoms with E-state index in [4.69, 9.17) is 5.73 Å². The van der Waals surface area contributed by atoms with Gasteiger partial charge in [0.1, 0.15) is 6.04 Å². The van der Waals surface area contributed by atoms with Crippen LogP contribution in [0.5, 0.6) is 0 Å². The highest BCUT2D eigenvalue weighted by Gasteiger charge is 2.24. The molecule has 0 saturated carbocycles. The first-order valence-electron chi connectivity index (χ1n) is 7.25. The molecule has 1 heterocycles. The number of nitrogens with two attached hydrogens (primary N) is 1. The van der Waals surface area contributed by atoms with Gasteiger partial charge >= 0.3 is 5.97 Å². The van der Waals surface area contributed by atoms with Crippen molar-refractivity contribution in [1.29, 1.82) is 0 Å². The number of imidazole rings is 1. The zero-order valence-electron chi connectivity index (χ0n) is 12.8. The number of nitrogens with zero attached hydrogens (tertiary/aromatic N) is 2. The third kappa shape index (κ3) is 4.93. The average molecular weight is 316 g/mol. The quantitative estimate of drug-likeness (QED) is 0.671. The Bertz CT molecular complexity index is 669. The van der Waals surface area contributed by atoms with Crippen LogP contribution in [0.3, 0.4) is 0 Å². The van der Waals surface area contributed by atoms with E-state index in [0.717, 1.165) is 5.56 Å². The van der Waals surface area contributed by atoms with E-state index < -0.39 is 24.0 Å². The summed E-state index contributed by atoms with van der Waals surface area (Å²) in [6.07, 6.45) is 3.76. The van der Waals surface area contributed by atoms with Crippen LogP contribution >= 0.6 is 0 Å². The fraction of sp³-hybridized carbons (Fsp3) is 0.312. The van der Waals surface area contributed by atoms with Gasteiger partial charge in [0.2, 0.25) is 5.91 Å². The Labute approximate surface area is 134 Å². The third-order valence-corrected chi connectivity index (χ3v) is 3.42. The first-order chi connectivity index (χ1) is 11.0. The number of benzene rings is 1. The smallest absolute Gasteiger partial charge is 0.326 e. The topological polar surface area (TPSA) is 110 Å². The molecule has 0 aliphatic rings. The van der Waals surface area contributed by atoms with Gasteiger partial charge in [0.25, 0.3) is 0 Å². The summed E-state index contributed by atoms with van der Waals surface area (Å²) in [7, 11) is 1.79. The van der Waals surface area contributed by atoms with Crippen LogP contribution in [-0.2, 0) is 29.5 Å². The van der Waals surface area contributed by atoms with Gasteiger partial charge in [0.15, 0.2) is 0 Å². The molecular formula is C16H20N4O3. The van der Waals surface area contributed by atoms with Gasteiger partial charge in [-0.15, -0.1) is 0 Å². The van der Waals surface area contributed by atoms with Gasteiger partial charge in [-0.3, -0.25) is 4.79 Å². The molecule has 2 aromatic rings. The standard InChI is InChI=1S/C16H20N4O3/c1-20-9-12(18-10-20)8-14(16(22)23)19-15(21)13(17)7-11-5-3-2-4-6-11/h2-6,9-10,13-14H,7-8,17H2,1H3,(H,19,21)(H,22,23)/t13-,14-/m0/s1. The Hall–Kier alpha value is -2.67. The number of carbonyl (C=O) groups is 2. The molecule has 0 aliphatic heterocycles. The van der Waals surface area contributed by atoms with E-state index in [1.165, 1.54) is 0 Å². The van der Waals surface area contributed by atoms with E-state index in [1.54, 1.807) is 24.1 Å². The van der Waals surface area contributed by atoms with Crippen LogP contribution in [0.4, 0.5) is 0 Å². The lowest BCUT2D eigenvalue weighted by Crippen LogP contribution is -2.50. The summed E-state index contributed by atoms with van der Waals surface area (Å²) < 4.78 is 1.72. The highest BCUT2D eigenvalue weighted by Crippen LogP contribution is 2.04. The molecule has 2 atom stereocenters. The van der Waals surface area contributed by atoms with Gasteiger partial charge in [0.05, 0.1) is 18.1 Å². The van der Waals surface area contributed by atoms with Crippen molar-refractivity contribution in [2.24, 2.45) is 12.8 Å². The summed E-state index contributed by atoms with van der Waals surface area (Å²) in [6, 6.07) is 7.48. The third-order valence-electron chi connectivity index (χ3n) is 3.42. The monoisotopic (exact) mass is 316 g/mol. The molecule has 1 amide bonds. The van der Waals surface area contributed by atoms with Crippen LogP contribution in [0.2, 0.25) is 0 Å². The van der Waals surface area contributed by atoms with Crippen LogP contribution < -0.4 is 11.1 Å². The Morgan fingerprint density at radius 2 is 2.00 bits per heavy atom. The highest BCUT2D eigenvalue weighted by atomic mass is 16.4. The van der Waals surface area contributed by atoms with Crippen molar-refractivity contribution in [2.75, 3.05) is 0 Å². The van der Waals surface area contributed by atoms with E-state index >= 15 is 0 Å². The highest BCUT2D eigenvalue weighted by molar-refractivity contribution is 5.87. The minimum Gasteiger partial charge on any atom is -0.480 e. The predicted molar refractivity (Wildman–Crippen MR) is 84.6 cm³/mol. The van der Waals surface area contributed by atoms with Crippen molar-refractivity contribution in [3.8, 4) is 0 Å². The van der Waals surface area contributed by atoms with Gasteiger partial charge in [-0.25, -0.2) is 9.78 Å². The van der Waals surface area contributed by atoms with Gasteiger partial charge < -0.3 is 20.7 Å². The fourth-order valence-electron chi connectivity index (χ4n) is 2.22. The summed E-state index contributed by atoms with van der Waals surface area (Å²) in [5.41, 5.74) is 7.39. The molecule has 0 radical (unpaired) electrons. The number of aryl methyl sites for hydroxylation is 1. The van der Waals surface area contributed by atoms with E-state index in [9.17, 15) is 14.7 Å². The van der Waals surface area contributed by atoms with Crippen molar-refractivity contribution in [2.45, 2.75) is 24.9 Å². The first kappa shape index (κ1) is 16.7. The molecule has 0 fully saturated rings. The predicted octanol–water partition coefficient (Wildman–Crippen LogP) is 0.102. The second kappa shape index (κ2) is 7.55. The minimum absolute atomic E-state index is 0.111. The molecule has 122 valence electrons. The molecule has 0 saturated heterocycles. The number of hydrogen-bond acceptors (Lipinski definition) is 4. The molecule has 0 spiro atoms. The Morgan fingerprint density at radius 3 is 2.57 bits per heavy atom. The van der Waals surface area contributed by atoms with Gasteiger partial charge in [-0.1, -0.05) is 30.3 Å². The number of carboxylic acids is 1. The molecule has 23 heavy (non-hydrogen) atoms. The number of nitrogens with one attached hydrogen (secondary N) is 1. The van der Waals surface area contributed by atoms with Crippen LogP contribution in [0.25, 0.3) is 0 Å². The number of rotatable bonds is 7. The normalized spacial score (nSPS) is 13.3. The van der Waals surface area contributed by atoms with E-state index in [1.807, 2.05) is 30.3 Å². The molecule has 2 rings (SSSR count). The number of carboxylic acid groups (broad SMARTS) is 1. The number of aliphatic carboxylic acids is 1. The Morgan fingerprint density at radius 1 is 1.30 bits per heavy atom. The molecule has 7 nitrogen and oxygen atoms in total. The molecule has 0 bridgehead atoms. The minimum atomic E-state index is -1.11.